The summed E-state index contributed by atoms with van der Waals surface area (Å²) in [6, 6.07) is 6.67. The minimum Gasteiger partial charge on any atom is -0.344 e. The highest BCUT2D eigenvalue weighted by atomic mass is 79.9. The molecule has 3 heteroatoms. The van der Waals surface area contributed by atoms with Crippen LogP contribution < -0.4 is 6.15 Å². The Kier molecular flexibility index (Phi) is 18.6. The van der Waals surface area contributed by atoms with Crippen molar-refractivity contribution in [1.82, 2.24) is 6.15 Å². The van der Waals surface area contributed by atoms with Crippen molar-refractivity contribution in [2.75, 3.05) is 6.16 Å². The number of benzene rings is 1. The lowest BCUT2D eigenvalue weighted by atomic mass is 9.96. The molecule has 0 bridgehead atoms. The molecule has 0 amide bonds. The van der Waals surface area contributed by atoms with Crippen LogP contribution in [0.2, 0.25) is 0 Å². The average molecular weight is 322 g/mol. The molecule has 0 radical (unpaired) electrons. The first-order chi connectivity index (χ1) is 7.24. The molecule has 0 spiro atoms. The molecule has 0 aliphatic heterocycles. The monoisotopic (exact) mass is 321 g/mol. The predicted octanol–water partition coefficient (Wildman–Crippen LogP) is 5.00. The number of rotatable bonds is 3. The molecule has 102 valence electrons. The van der Waals surface area contributed by atoms with Crippen LogP contribution in [0.4, 0.5) is 0 Å². The van der Waals surface area contributed by atoms with Crippen LogP contribution in [0.3, 0.4) is 0 Å². The van der Waals surface area contributed by atoms with Crippen molar-refractivity contribution < 1.29 is 0 Å². The largest absolute Gasteiger partial charge is 0.344 e. The third-order valence-corrected chi connectivity index (χ3v) is 2.49. The fourth-order valence-electron chi connectivity index (χ4n) is 1.80. The second-order valence-electron chi connectivity index (χ2n) is 3.52. The zero-order chi connectivity index (χ0) is 11.7. The number of aryl methyl sites for hydroxylation is 2. The van der Waals surface area contributed by atoms with Gasteiger partial charge in [0, 0.05) is 0 Å². The van der Waals surface area contributed by atoms with Gasteiger partial charge in [-0.1, -0.05) is 45.9 Å². The smallest absolute Gasteiger partial charge is 0.0302 e. The van der Waals surface area contributed by atoms with Crippen molar-refractivity contribution in [1.29, 1.82) is 0 Å². The van der Waals surface area contributed by atoms with Crippen LogP contribution in [-0.4, -0.2) is 6.16 Å². The molecule has 1 unspecified atom stereocenters. The van der Waals surface area contributed by atoms with Gasteiger partial charge in [0.05, 0.1) is 0 Å². The van der Waals surface area contributed by atoms with E-state index in [1.807, 2.05) is 0 Å². The van der Waals surface area contributed by atoms with Gasteiger partial charge in [-0.15, -0.1) is 26.2 Å². The maximum Gasteiger partial charge on any atom is -0.0302 e. The summed E-state index contributed by atoms with van der Waals surface area (Å²) >= 11 is 0. The lowest BCUT2D eigenvalue weighted by Gasteiger charge is -2.10. The van der Waals surface area contributed by atoms with Crippen molar-refractivity contribution in [3.63, 3.8) is 0 Å². The lowest BCUT2D eigenvalue weighted by Crippen LogP contribution is -1.96. The molecular weight excluding hydrogens is 293 g/mol. The van der Waals surface area contributed by atoms with E-state index in [1.54, 1.807) is 5.56 Å². The van der Waals surface area contributed by atoms with Crippen molar-refractivity contribution >= 4 is 26.2 Å². The van der Waals surface area contributed by atoms with E-state index >= 15 is 0 Å². The molecule has 0 aliphatic rings. The average Bonchev–Trinajstić information content (AvgIpc) is 2.28. The summed E-state index contributed by atoms with van der Waals surface area (Å²) in [6.07, 6.45) is 4.67. The van der Waals surface area contributed by atoms with E-state index in [1.165, 1.54) is 23.7 Å². The van der Waals surface area contributed by atoms with Crippen LogP contribution in [0.5, 0.6) is 0 Å². The lowest BCUT2D eigenvalue weighted by molar-refractivity contribution is 0.981. The van der Waals surface area contributed by atoms with Gasteiger partial charge in [0.15, 0.2) is 0 Å². The first-order valence-corrected chi connectivity index (χ1v) is 6.86. The van der Waals surface area contributed by atoms with Gasteiger partial charge in [0.1, 0.15) is 0 Å². The number of hydrogen-bond acceptors (Lipinski definition) is 1. The molecule has 17 heavy (non-hydrogen) atoms. The van der Waals surface area contributed by atoms with Gasteiger partial charge in [-0.2, -0.15) is 0 Å². The molecule has 0 heterocycles. The Labute approximate surface area is 120 Å². The Hall–Kier alpha value is 0.0900. The number of hydrogen-bond donors (Lipinski definition) is 1. The minimum absolute atomic E-state index is 0. The van der Waals surface area contributed by atoms with Crippen LogP contribution >= 0.6 is 26.2 Å². The predicted molar refractivity (Wildman–Crippen MR) is 90.2 cm³/mol. The molecule has 1 atom stereocenters. The van der Waals surface area contributed by atoms with Gasteiger partial charge >= 0.3 is 0 Å². The standard InChI is InChI=1S/C12H18.C2H7P.BrH.H3N/c1-4-10-8-7-9-11(5-2)12(10)6-3;1-2-3;;/h7-9H,4-6H2,1-3H3;2-3H2,1H3;1H;1H3. The SMILES string of the molecule is Br.CCP.CCc1cccc(CC)c1CC.N. The second-order valence-corrected chi connectivity index (χ2v) is 4.34. The van der Waals surface area contributed by atoms with E-state index < -0.39 is 0 Å². The first kappa shape index (κ1) is 22.3. The maximum atomic E-state index is 2.58. The first-order valence-electron chi connectivity index (χ1n) is 6.04. The third kappa shape index (κ3) is 7.91. The van der Waals surface area contributed by atoms with Crippen LogP contribution in [0.15, 0.2) is 18.2 Å². The van der Waals surface area contributed by atoms with Gasteiger partial charge in [-0.25, -0.2) is 0 Å². The Morgan fingerprint density at radius 1 is 0.882 bits per heavy atom. The molecule has 1 aromatic rings. The van der Waals surface area contributed by atoms with Gasteiger partial charge in [-0.05, 0) is 42.1 Å². The van der Waals surface area contributed by atoms with Crippen LogP contribution in [-0.2, 0) is 19.3 Å². The minimum atomic E-state index is 0. The molecule has 3 N–H and O–H groups in total. The van der Waals surface area contributed by atoms with E-state index in [9.17, 15) is 0 Å². The summed E-state index contributed by atoms with van der Waals surface area (Å²) in [4.78, 5) is 0. The van der Waals surface area contributed by atoms with Crippen LogP contribution in [0.1, 0.15) is 44.4 Å². The Balaban J connectivity index is -0.000000356. The van der Waals surface area contributed by atoms with Crippen LogP contribution in [0.25, 0.3) is 0 Å². The molecule has 0 saturated carbocycles. The third-order valence-electron chi connectivity index (χ3n) is 2.49. The molecule has 0 fully saturated rings. The normalized spacial score (nSPS) is 8.29. The fraction of sp³-hybridized carbons (Fsp3) is 0.571. The van der Waals surface area contributed by atoms with Crippen molar-refractivity contribution in [2.24, 2.45) is 0 Å². The maximum absolute atomic E-state index is 2.58. The second kappa shape index (κ2) is 14.2. The van der Waals surface area contributed by atoms with E-state index in [-0.39, 0.29) is 23.1 Å². The van der Waals surface area contributed by atoms with E-state index in [0.717, 1.165) is 12.8 Å². The molecular formula is C14H29BrNP. The van der Waals surface area contributed by atoms with E-state index in [4.69, 9.17) is 0 Å². The molecule has 1 aromatic carbocycles. The summed E-state index contributed by atoms with van der Waals surface area (Å²) in [5.74, 6) is 0. The Morgan fingerprint density at radius 3 is 1.47 bits per heavy atom. The Bertz CT molecular complexity index is 255. The van der Waals surface area contributed by atoms with Crippen molar-refractivity contribution in [3.8, 4) is 0 Å². The summed E-state index contributed by atoms with van der Waals surface area (Å²) in [5, 5.41) is 0. The summed E-state index contributed by atoms with van der Waals surface area (Å²) in [5.41, 5.74) is 4.62. The molecule has 1 rings (SSSR count). The van der Waals surface area contributed by atoms with Gasteiger partial charge < -0.3 is 6.15 Å². The zero-order valence-electron chi connectivity index (χ0n) is 11.8. The summed E-state index contributed by atoms with van der Waals surface area (Å²) < 4.78 is 0. The highest BCUT2D eigenvalue weighted by molar-refractivity contribution is 8.93. The Morgan fingerprint density at radius 2 is 1.24 bits per heavy atom. The molecule has 0 aromatic heterocycles. The summed E-state index contributed by atoms with van der Waals surface area (Å²) in [6.45, 7) is 8.79. The highest BCUT2D eigenvalue weighted by Crippen LogP contribution is 2.16. The van der Waals surface area contributed by atoms with Gasteiger partial charge in [0.25, 0.3) is 0 Å². The van der Waals surface area contributed by atoms with Crippen molar-refractivity contribution in [3.05, 3.63) is 34.9 Å². The molecule has 1 nitrogen and oxygen atoms in total. The zero-order valence-corrected chi connectivity index (χ0v) is 14.6. The number of halogens is 1. The quantitative estimate of drug-likeness (QED) is 0.781. The van der Waals surface area contributed by atoms with Crippen LogP contribution in [0, 0.1) is 0 Å². The highest BCUT2D eigenvalue weighted by Gasteiger charge is 2.02. The van der Waals surface area contributed by atoms with E-state index in [0.29, 0.717) is 0 Å². The molecule has 0 aliphatic carbocycles. The van der Waals surface area contributed by atoms with E-state index in [2.05, 4.69) is 55.1 Å². The van der Waals surface area contributed by atoms with Gasteiger partial charge in [0.2, 0.25) is 0 Å². The summed E-state index contributed by atoms with van der Waals surface area (Å²) in [7, 11) is 2.58. The van der Waals surface area contributed by atoms with Crippen molar-refractivity contribution in [2.45, 2.75) is 47.0 Å². The molecule has 0 saturated heterocycles. The topological polar surface area (TPSA) is 35.0 Å². The van der Waals surface area contributed by atoms with Gasteiger partial charge in [-0.3, -0.25) is 0 Å². The fourth-order valence-corrected chi connectivity index (χ4v) is 1.80.